The van der Waals surface area contributed by atoms with Crippen molar-refractivity contribution in [3.8, 4) is 16.9 Å². The van der Waals surface area contributed by atoms with Crippen LogP contribution in [0.4, 0.5) is 28.9 Å². The third kappa shape index (κ3) is 5.14. The van der Waals surface area contributed by atoms with Gasteiger partial charge in [0.25, 0.3) is 0 Å². The normalized spacial score (nSPS) is 11.1. The Morgan fingerprint density at radius 1 is 1.03 bits per heavy atom. The first kappa shape index (κ1) is 20.4. The number of hydrogen-bond donors (Lipinski definition) is 1. The van der Waals surface area contributed by atoms with Gasteiger partial charge in [-0.2, -0.15) is 0 Å². The maximum atomic E-state index is 14.6. The predicted octanol–water partition coefficient (Wildman–Crippen LogP) is 5.84. The highest BCUT2D eigenvalue weighted by atomic mass is 35.5. The molecule has 0 aliphatic carbocycles. The number of aromatic nitrogens is 1. The Labute approximate surface area is 167 Å². The van der Waals surface area contributed by atoms with Gasteiger partial charge in [-0.15, -0.1) is 13.2 Å². The Hall–Kier alpha value is -3.33. The number of ether oxygens (including phenoxy) is 1. The molecular formula is C19H11ClF4N2O3. The summed E-state index contributed by atoms with van der Waals surface area (Å²) in [5.74, 6) is -1.98. The smallest absolute Gasteiger partial charge is 0.406 e. The molecule has 10 heteroatoms. The lowest BCUT2D eigenvalue weighted by atomic mass is 10.0. The Morgan fingerprint density at radius 2 is 1.79 bits per heavy atom. The molecule has 1 aromatic heterocycles. The molecule has 3 aromatic rings. The summed E-state index contributed by atoms with van der Waals surface area (Å²) in [6, 6.07) is 10.5. The molecule has 150 valence electrons. The molecule has 0 aliphatic rings. The van der Waals surface area contributed by atoms with Gasteiger partial charge in [0.15, 0.2) is 0 Å². The van der Waals surface area contributed by atoms with E-state index in [0.717, 1.165) is 18.2 Å². The molecule has 1 N–H and O–H groups in total. The molecule has 0 amide bonds. The van der Waals surface area contributed by atoms with E-state index < -0.39 is 23.9 Å². The van der Waals surface area contributed by atoms with Gasteiger partial charge in [0.05, 0.1) is 23.1 Å². The number of alkyl halides is 3. The first-order valence-corrected chi connectivity index (χ1v) is 8.27. The highest BCUT2D eigenvalue weighted by molar-refractivity contribution is 6.16. The average molecular weight is 427 g/mol. The first-order valence-electron chi connectivity index (χ1n) is 7.96. The van der Waals surface area contributed by atoms with Gasteiger partial charge in [0.2, 0.25) is 0 Å². The van der Waals surface area contributed by atoms with E-state index in [4.69, 9.17) is 11.9 Å². The van der Waals surface area contributed by atoms with E-state index in [1.807, 2.05) is 0 Å². The Balaban J connectivity index is 1.87. The lowest BCUT2D eigenvalue weighted by Crippen LogP contribution is -2.17. The van der Waals surface area contributed by atoms with Crippen LogP contribution < -0.4 is 10.1 Å². The van der Waals surface area contributed by atoms with E-state index >= 15 is 0 Å². The zero-order valence-electron chi connectivity index (χ0n) is 14.3. The summed E-state index contributed by atoms with van der Waals surface area (Å²) in [6.07, 6.45) is -2.21. The molecule has 0 unspecified atom stereocenters. The first-order chi connectivity index (χ1) is 13.8. The highest BCUT2D eigenvalue weighted by Gasteiger charge is 2.31. The van der Waals surface area contributed by atoms with Crippen LogP contribution in [-0.2, 0) is 4.29 Å². The Bertz CT molecular complexity index is 1040. The second kappa shape index (κ2) is 8.36. The summed E-state index contributed by atoms with van der Waals surface area (Å²) < 4.78 is 59.7. The van der Waals surface area contributed by atoms with Crippen molar-refractivity contribution in [1.82, 2.24) is 4.98 Å². The number of carbonyl (C=O) groups excluding carboxylic acids is 1. The van der Waals surface area contributed by atoms with Gasteiger partial charge in [0, 0.05) is 6.20 Å². The zero-order chi connectivity index (χ0) is 21.0. The maximum absolute atomic E-state index is 14.6. The van der Waals surface area contributed by atoms with Gasteiger partial charge in [-0.25, -0.2) is 9.18 Å². The standard InChI is InChI=1S/C19H11ClF4N2O3/c20-29-18(27)14-6-7-25-10-17(14)26-16-5-4-12(9-15(16)21)11-2-1-3-13(8-11)28-19(22,23)24/h1-10,26H. The van der Waals surface area contributed by atoms with E-state index in [9.17, 15) is 22.4 Å². The Morgan fingerprint density at radius 3 is 2.48 bits per heavy atom. The molecule has 0 aliphatic heterocycles. The maximum Gasteiger partial charge on any atom is 0.573 e. The summed E-state index contributed by atoms with van der Waals surface area (Å²) in [5.41, 5.74) is 0.853. The molecule has 0 bridgehead atoms. The number of anilines is 2. The molecule has 0 saturated carbocycles. The van der Waals surface area contributed by atoms with Crippen LogP contribution in [-0.4, -0.2) is 17.3 Å². The lowest BCUT2D eigenvalue weighted by Gasteiger charge is -2.12. The summed E-state index contributed by atoms with van der Waals surface area (Å²) in [7, 11) is 0. The summed E-state index contributed by atoms with van der Waals surface area (Å²) in [6.45, 7) is 0. The van der Waals surface area contributed by atoms with Crippen LogP contribution in [0.25, 0.3) is 11.1 Å². The molecule has 0 saturated heterocycles. The van der Waals surface area contributed by atoms with E-state index in [1.165, 1.54) is 42.7 Å². The number of halogens is 5. The molecule has 0 atom stereocenters. The van der Waals surface area contributed by atoms with Gasteiger partial charge < -0.3 is 14.3 Å². The average Bonchev–Trinajstić information content (AvgIpc) is 2.68. The van der Waals surface area contributed by atoms with Crippen molar-refractivity contribution < 1.29 is 31.4 Å². The van der Waals surface area contributed by atoms with Crippen LogP contribution >= 0.6 is 11.9 Å². The second-order valence-corrected chi connectivity index (χ2v) is 5.84. The minimum absolute atomic E-state index is 0.00747. The fraction of sp³-hybridized carbons (Fsp3) is 0.0526. The van der Waals surface area contributed by atoms with Crippen molar-refractivity contribution in [2.24, 2.45) is 0 Å². The van der Waals surface area contributed by atoms with Crippen molar-refractivity contribution in [2.75, 3.05) is 5.32 Å². The van der Waals surface area contributed by atoms with Gasteiger partial charge in [-0.1, -0.05) is 18.2 Å². The highest BCUT2D eigenvalue weighted by Crippen LogP contribution is 2.31. The third-order valence-corrected chi connectivity index (χ3v) is 3.89. The van der Waals surface area contributed by atoms with Crippen molar-refractivity contribution in [3.05, 3.63) is 72.3 Å². The molecule has 3 rings (SSSR count). The quantitative estimate of drug-likeness (QED) is 0.519. The van der Waals surface area contributed by atoms with Gasteiger partial charge in [-0.3, -0.25) is 4.98 Å². The monoisotopic (exact) mass is 426 g/mol. The van der Waals surface area contributed by atoms with Gasteiger partial charge >= 0.3 is 12.3 Å². The van der Waals surface area contributed by atoms with Crippen molar-refractivity contribution in [3.63, 3.8) is 0 Å². The SMILES string of the molecule is O=C(OCl)c1ccncc1Nc1ccc(-c2cccc(OC(F)(F)F)c2)cc1F. The van der Waals surface area contributed by atoms with Crippen LogP contribution in [0.3, 0.4) is 0 Å². The number of carbonyl (C=O) groups is 1. The molecule has 29 heavy (non-hydrogen) atoms. The van der Waals surface area contributed by atoms with E-state index in [-0.39, 0.29) is 16.9 Å². The molecule has 0 fully saturated rings. The van der Waals surface area contributed by atoms with E-state index in [2.05, 4.69) is 19.3 Å². The van der Waals surface area contributed by atoms with Crippen molar-refractivity contribution in [1.29, 1.82) is 0 Å². The topological polar surface area (TPSA) is 60.5 Å². The molecule has 0 radical (unpaired) electrons. The fourth-order valence-corrected chi connectivity index (χ4v) is 2.61. The van der Waals surface area contributed by atoms with E-state index in [1.54, 1.807) is 0 Å². The van der Waals surface area contributed by atoms with Gasteiger partial charge in [-0.05, 0) is 41.5 Å². The molecule has 0 spiro atoms. The van der Waals surface area contributed by atoms with Gasteiger partial charge in [0.1, 0.15) is 23.4 Å². The summed E-state index contributed by atoms with van der Waals surface area (Å²) in [4.78, 5) is 15.5. The number of nitrogens with one attached hydrogen (secondary N) is 1. The second-order valence-electron chi connectivity index (χ2n) is 5.68. The fourth-order valence-electron chi connectivity index (χ4n) is 2.53. The summed E-state index contributed by atoms with van der Waals surface area (Å²) in [5, 5.41) is 2.71. The number of rotatable bonds is 5. The number of hydrogen-bond acceptors (Lipinski definition) is 5. The third-order valence-electron chi connectivity index (χ3n) is 3.75. The molecule has 5 nitrogen and oxygen atoms in total. The lowest BCUT2D eigenvalue weighted by molar-refractivity contribution is -0.274. The molecular weight excluding hydrogens is 416 g/mol. The number of benzene rings is 2. The van der Waals surface area contributed by atoms with Crippen LogP contribution in [0, 0.1) is 5.82 Å². The minimum atomic E-state index is -4.83. The summed E-state index contributed by atoms with van der Waals surface area (Å²) >= 11 is 5.08. The van der Waals surface area contributed by atoms with Crippen molar-refractivity contribution in [2.45, 2.75) is 6.36 Å². The van der Waals surface area contributed by atoms with E-state index in [0.29, 0.717) is 11.1 Å². The van der Waals surface area contributed by atoms with Crippen LogP contribution in [0.5, 0.6) is 5.75 Å². The largest absolute Gasteiger partial charge is 0.573 e. The number of nitrogens with zero attached hydrogens (tertiary/aromatic N) is 1. The molecule has 1 heterocycles. The van der Waals surface area contributed by atoms with Crippen molar-refractivity contribution >= 4 is 29.2 Å². The minimum Gasteiger partial charge on any atom is -0.406 e. The van der Waals surface area contributed by atoms with Crippen LogP contribution in [0.1, 0.15) is 10.4 Å². The molecule has 2 aromatic carbocycles. The predicted molar refractivity (Wildman–Crippen MR) is 97.3 cm³/mol. The van der Waals surface area contributed by atoms with Crippen LogP contribution in [0.15, 0.2) is 60.9 Å². The zero-order valence-corrected chi connectivity index (χ0v) is 15.1. The van der Waals surface area contributed by atoms with Crippen LogP contribution in [0.2, 0.25) is 0 Å². The Kier molecular flexibility index (Phi) is 5.88. The number of pyridine rings is 1.